The molecule has 0 bridgehead atoms. The van der Waals surface area contributed by atoms with Crippen LogP contribution in [0.3, 0.4) is 0 Å². The molecule has 0 aliphatic heterocycles. The first-order valence-corrected chi connectivity index (χ1v) is 9.82. The van der Waals surface area contributed by atoms with Crippen LogP contribution in [0.2, 0.25) is 0 Å². The first-order valence-electron chi connectivity index (χ1n) is 8.74. The fraction of sp³-hybridized carbons (Fsp3) is 0.0909. The molecule has 0 saturated heterocycles. The molecule has 1 N–H and O–H groups in total. The van der Waals surface area contributed by atoms with Crippen LogP contribution in [-0.2, 0) is 0 Å². The number of imidazole rings is 1. The lowest BCUT2D eigenvalue weighted by molar-refractivity contribution is 0.102. The molecular weight excluding hydrogens is 465 g/mol. The van der Waals surface area contributed by atoms with Crippen LogP contribution in [0, 0.1) is 10.5 Å². The molecule has 0 spiro atoms. The van der Waals surface area contributed by atoms with Crippen LogP contribution in [0.5, 0.6) is 5.75 Å². The van der Waals surface area contributed by atoms with E-state index in [1.807, 2.05) is 66.2 Å². The third-order valence-corrected chi connectivity index (χ3v) is 5.18. The van der Waals surface area contributed by atoms with Crippen LogP contribution in [0.1, 0.15) is 15.9 Å². The van der Waals surface area contributed by atoms with Gasteiger partial charge in [0, 0.05) is 27.1 Å². The number of amides is 1. The summed E-state index contributed by atoms with van der Waals surface area (Å²) < 4.78 is 8.49. The number of fused-ring (bicyclic) bond motifs is 1. The number of carbonyl (C=O) groups is 1. The molecule has 2 aromatic heterocycles. The summed E-state index contributed by atoms with van der Waals surface area (Å²) >= 11 is 2.21. The van der Waals surface area contributed by atoms with Crippen molar-refractivity contribution in [3.63, 3.8) is 0 Å². The fourth-order valence-electron chi connectivity index (χ4n) is 2.98. The smallest absolute Gasteiger partial charge is 0.255 e. The Bertz CT molecular complexity index is 1170. The van der Waals surface area contributed by atoms with Crippen molar-refractivity contribution in [1.29, 1.82) is 0 Å². The van der Waals surface area contributed by atoms with Crippen LogP contribution >= 0.6 is 22.6 Å². The number of methoxy groups -OCH3 is 1. The first kappa shape index (κ1) is 18.5. The Morgan fingerprint density at radius 2 is 1.89 bits per heavy atom. The predicted molar refractivity (Wildman–Crippen MR) is 119 cm³/mol. The second kappa shape index (κ2) is 7.63. The van der Waals surface area contributed by atoms with Crippen molar-refractivity contribution in [2.45, 2.75) is 6.92 Å². The van der Waals surface area contributed by atoms with E-state index in [4.69, 9.17) is 9.72 Å². The zero-order valence-corrected chi connectivity index (χ0v) is 17.6. The van der Waals surface area contributed by atoms with Gasteiger partial charge in [0.05, 0.1) is 18.5 Å². The Morgan fingerprint density at radius 1 is 1.11 bits per heavy atom. The lowest BCUT2D eigenvalue weighted by Crippen LogP contribution is -2.12. The number of pyridine rings is 1. The van der Waals surface area contributed by atoms with E-state index < -0.39 is 0 Å². The summed E-state index contributed by atoms with van der Waals surface area (Å²) in [5, 5.41) is 2.95. The van der Waals surface area contributed by atoms with Crippen LogP contribution < -0.4 is 10.1 Å². The standard InChI is InChI=1S/C22H18IN3O2/c1-14-9-10-26-13-19(24-21(26)11-14)16-5-8-20(28-2)18(12-16)25-22(27)15-3-6-17(23)7-4-15/h3-13H,1-2H3,(H,25,27). The quantitative estimate of drug-likeness (QED) is 0.408. The van der Waals surface area contributed by atoms with Crippen LogP contribution in [0.4, 0.5) is 5.69 Å². The second-order valence-electron chi connectivity index (χ2n) is 6.47. The summed E-state index contributed by atoms with van der Waals surface area (Å²) in [6.07, 6.45) is 3.96. The molecule has 140 valence electrons. The Hall–Kier alpha value is -2.87. The van der Waals surface area contributed by atoms with Crippen molar-refractivity contribution in [2.75, 3.05) is 12.4 Å². The molecule has 2 heterocycles. The summed E-state index contributed by atoms with van der Waals surface area (Å²) in [6.45, 7) is 2.04. The molecule has 5 nitrogen and oxygen atoms in total. The number of hydrogen-bond acceptors (Lipinski definition) is 3. The Labute approximate surface area is 176 Å². The van der Waals surface area contributed by atoms with Gasteiger partial charge in [-0.25, -0.2) is 4.98 Å². The number of aromatic nitrogens is 2. The van der Waals surface area contributed by atoms with Gasteiger partial charge in [0.15, 0.2) is 0 Å². The number of nitrogens with zero attached hydrogens (tertiary/aromatic N) is 2. The zero-order valence-electron chi connectivity index (χ0n) is 15.4. The van der Waals surface area contributed by atoms with Gasteiger partial charge in [0.2, 0.25) is 0 Å². The molecule has 28 heavy (non-hydrogen) atoms. The third-order valence-electron chi connectivity index (χ3n) is 4.47. The topological polar surface area (TPSA) is 55.6 Å². The molecule has 2 aromatic carbocycles. The van der Waals surface area contributed by atoms with Crippen LogP contribution in [0.15, 0.2) is 67.0 Å². The van der Waals surface area contributed by atoms with E-state index in [9.17, 15) is 4.79 Å². The Morgan fingerprint density at radius 3 is 2.64 bits per heavy atom. The molecule has 0 aliphatic carbocycles. The van der Waals surface area contributed by atoms with Gasteiger partial charge in [-0.3, -0.25) is 4.79 Å². The van der Waals surface area contributed by atoms with Crippen molar-refractivity contribution in [1.82, 2.24) is 9.38 Å². The van der Waals surface area contributed by atoms with E-state index in [2.05, 4.69) is 27.9 Å². The lowest BCUT2D eigenvalue weighted by Gasteiger charge is -2.11. The maximum absolute atomic E-state index is 12.6. The Balaban J connectivity index is 1.68. The van der Waals surface area contributed by atoms with E-state index in [0.717, 1.165) is 26.0 Å². The molecule has 4 aromatic rings. The first-order chi connectivity index (χ1) is 13.5. The van der Waals surface area contributed by atoms with Gasteiger partial charge in [-0.05, 0) is 89.7 Å². The fourth-order valence-corrected chi connectivity index (χ4v) is 3.34. The van der Waals surface area contributed by atoms with Crippen molar-refractivity contribution in [2.24, 2.45) is 0 Å². The maximum Gasteiger partial charge on any atom is 0.255 e. The second-order valence-corrected chi connectivity index (χ2v) is 7.72. The number of nitrogens with one attached hydrogen (secondary N) is 1. The lowest BCUT2D eigenvalue weighted by atomic mass is 10.1. The van der Waals surface area contributed by atoms with Gasteiger partial charge in [-0.2, -0.15) is 0 Å². The normalized spacial score (nSPS) is 10.8. The molecule has 6 heteroatoms. The summed E-state index contributed by atoms with van der Waals surface area (Å²) in [4.78, 5) is 17.3. The van der Waals surface area contributed by atoms with Crippen molar-refractivity contribution >= 4 is 39.8 Å². The molecule has 0 unspecified atom stereocenters. The molecule has 1 amide bonds. The van der Waals surface area contributed by atoms with Gasteiger partial charge < -0.3 is 14.5 Å². The van der Waals surface area contributed by atoms with Gasteiger partial charge in [0.25, 0.3) is 5.91 Å². The summed E-state index contributed by atoms with van der Waals surface area (Å²) in [7, 11) is 1.59. The Kier molecular flexibility index (Phi) is 5.04. The largest absolute Gasteiger partial charge is 0.495 e. The molecule has 0 saturated carbocycles. The third kappa shape index (κ3) is 3.73. The molecule has 0 atom stereocenters. The minimum atomic E-state index is -0.183. The molecule has 4 rings (SSSR count). The summed E-state index contributed by atoms with van der Waals surface area (Å²) in [5.41, 5.74) is 4.98. The minimum Gasteiger partial charge on any atom is -0.495 e. The highest BCUT2D eigenvalue weighted by Crippen LogP contribution is 2.31. The maximum atomic E-state index is 12.6. The van der Waals surface area contributed by atoms with E-state index in [0.29, 0.717) is 17.0 Å². The van der Waals surface area contributed by atoms with Gasteiger partial charge >= 0.3 is 0 Å². The minimum absolute atomic E-state index is 0.183. The highest BCUT2D eigenvalue weighted by molar-refractivity contribution is 14.1. The number of ether oxygens (including phenoxy) is 1. The van der Waals surface area contributed by atoms with E-state index >= 15 is 0 Å². The highest BCUT2D eigenvalue weighted by Gasteiger charge is 2.13. The number of hydrogen-bond donors (Lipinski definition) is 1. The van der Waals surface area contributed by atoms with Crippen LogP contribution in [0.25, 0.3) is 16.9 Å². The monoisotopic (exact) mass is 483 g/mol. The molecule has 0 fully saturated rings. The van der Waals surface area contributed by atoms with E-state index in [1.165, 1.54) is 0 Å². The highest BCUT2D eigenvalue weighted by atomic mass is 127. The van der Waals surface area contributed by atoms with Crippen LogP contribution in [-0.4, -0.2) is 22.4 Å². The zero-order chi connectivity index (χ0) is 19.7. The van der Waals surface area contributed by atoms with Crippen molar-refractivity contribution < 1.29 is 9.53 Å². The van der Waals surface area contributed by atoms with Gasteiger partial charge in [0.1, 0.15) is 11.4 Å². The number of halogens is 1. The number of rotatable bonds is 4. The molecule has 0 aliphatic rings. The van der Waals surface area contributed by atoms with E-state index in [-0.39, 0.29) is 5.91 Å². The average molecular weight is 483 g/mol. The summed E-state index contributed by atoms with van der Waals surface area (Å²) in [5.74, 6) is 0.416. The van der Waals surface area contributed by atoms with Crippen molar-refractivity contribution in [3.05, 3.63) is 81.7 Å². The van der Waals surface area contributed by atoms with Gasteiger partial charge in [-0.1, -0.05) is 0 Å². The van der Waals surface area contributed by atoms with E-state index in [1.54, 1.807) is 19.2 Å². The predicted octanol–water partition coefficient (Wildman–Crippen LogP) is 5.18. The number of aryl methyl sites for hydroxylation is 1. The molecule has 0 radical (unpaired) electrons. The van der Waals surface area contributed by atoms with Crippen molar-refractivity contribution in [3.8, 4) is 17.0 Å². The number of carbonyl (C=O) groups excluding carboxylic acids is 1. The van der Waals surface area contributed by atoms with Gasteiger partial charge in [-0.15, -0.1) is 0 Å². The number of anilines is 1. The summed E-state index contributed by atoms with van der Waals surface area (Å²) in [6, 6.07) is 17.2. The number of benzene rings is 2. The SMILES string of the molecule is COc1ccc(-c2cn3ccc(C)cc3n2)cc1NC(=O)c1ccc(I)cc1. The average Bonchev–Trinajstić information content (AvgIpc) is 3.11. The molecular formula is C22H18IN3O2.